The van der Waals surface area contributed by atoms with Gasteiger partial charge in [-0.25, -0.2) is 9.97 Å². The quantitative estimate of drug-likeness (QED) is 0.769. The normalized spacial score (nSPS) is 20.3. The van der Waals surface area contributed by atoms with E-state index in [1.807, 2.05) is 12.1 Å². The smallest absolute Gasteiger partial charge is 0.140 e. The van der Waals surface area contributed by atoms with Crippen molar-refractivity contribution in [2.75, 3.05) is 24.6 Å². The van der Waals surface area contributed by atoms with Crippen LogP contribution >= 0.6 is 0 Å². The molecular weight excluding hydrogens is 226 g/mol. The lowest BCUT2D eigenvalue weighted by atomic mass is 10.1. The van der Waals surface area contributed by atoms with Gasteiger partial charge in [-0.05, 0) is 25.5 Å². The van der Waals surface area contributed by atoms with Crippen LogP contribution in [0.25, 0.3) is 10.9 Å². The number of benzene rings is 1. The van der Waals surface area contributed by atoms with Crippen molar-refractivity contribution in [3.05, 3.63) is 30.1 Å². The zero-order chi connectivity index (χ0) is 12.5. The van der Waals surface area contributed by atoms with Crippen molar-refractivity contribution in [2.24, 2.45) is 0 Å². The highest BCUT2D eigenvalue weighted by atomic mass is 16.5. The molecule has 4 heteroatoms. The topological polar surface area (TPSA) is 38.2 Å². The zero-order valence-electron chi connectivity index (χ0n) is 10.8. The second-order valence-corrected chi connectivity index (χ2v) is 4.79. The van der Waals surface area contributed by atoms with E-state index < -0.39 is 0 Å². The Morgan fingerprint density at radius 1 is 1.33 bits per heavy atom. The van der Waals surface area contributed by atoms with Gasteiger partial charge in [0.05, 0.1) is 18.2 Å². The highest BCUT2D eigenvalue weighted by molar-refractivity contribution is 5.92. The molecule has 0 spiro atoms. The van der Waals surface area contributed by atoms with Crippen LogP contribution in [0.5, 0.6) is 0 Å². The summed E-state index contributed by atoms with van der Waals surface area (Å²) in [5.74, 6) is 1.04. The fraction of sp³-hybridized carbons (Fsp3) is 0.429. The number of anilines is 1. The van der Waals surface area contributed by atoms with Crippen molar-refractivity contribution in [1.29, 1.82) is 0 Å². The molecular formula is C14H17N3O. The van der Waals surface area contributed by atoms with Crippen molar-refractivity contribution >= 4 is 16.7 Å². The summed E-state index contributed by atoms with van der Waals surface area (Å²) in [5, 5.41) is 1.16. The second kappa shape index (κ2) is 4.53. The SMILES string of the molecule is Cc1cccc2ncnc(N3CCO[C@H](C)C3)c12. The highest BCUT2D eigenvalue weighted by Gasteiger charge is 2.20. The van der Waals surface area contributed by atoms with Gasteiger partial charge in [0, 0.05) is 18.5 Å². The van der Waals surface area contributed by atoms with E-state index in [2.05, 4.69) is 34.8 Å². The molecule has 4 nitrogen and oxygen atoms in total. The molecule has 0 saturated carbocycles. The fourth-order valence-corrected chi connectivity index (χ4v) is 2.51. The predicted octanol–water partition coefficient (Wildman–Crippen LogP) is 2.16. The molecule has 3 rings (SSSR count). The van der Waals surface area contributed by atoms with E-state index >= 15 is 0 Å². The Morgan fingerprint density at radius 2 is 2.22 bits per heavy atom. The average molecular weight is 243 g/mol. The molecule has 0 unspecified atom stereocenters. The second-order valence-electron chi connectivity index (χ2n) is 4.79. The van der Waals surface area contributed by atoms with E-state index in [0.29, 0.717) is 0 Å². The van der Waals surface area contributed by atoms with Gasteiger partial charge in [-0.1, -0.05) is 12.1 Å². The van der Waals surface area contributed by atoms with Gasteiger partial charge in [-0.15, -0.1) is 0 Å². The van der Waals surface area contributed by atoms with Crippen LogP contribution in [0.15, 0.2) is 24.5 Å². The maximum Gasteiger partial charge on any atom is 0.140 e. The Kier molecular flexibility index (Phi) is 2.88. The first-order chi connectivity index (χ1) is 8.75. The van der Waals surface area contributed by atoms with Crippen LogP contribution in [0.2, 0.25) is 0 Å². The standard InChI is InChI=1S/C14H17N3O/c1-10-4-3-5-12-13(10)14(16-9-15-12)17-6-7-18-11(2)8-17/h3-5,9,11H,6-8H2,1-2H3/t11-/m1/s1. The Morgan fingerprint density at radius 3 is 3.06 bits per heavy atom. The van der Waals surface area contributed by atoms with Crippen LogP contribution in [-0.4, -0.2) is 35.8 Å². The third kappa shape index (κ3) is 1.93. The van der Waals surface area contributed by atoms with E-state index in [1.165, 1.54) is 5.56 Å². The van der Waals surface area contributed by atoms with Crippen molar-refractivity contribution in [2.45, 2.75) is 20.0 Å². The summed E-state index contributed by atoms with van der Waals surface area (Å²) < 4.78 is 5.59. The molecule has 1 atom stereocenters. The number of fused-ring (bicyclic) bond motifs is 1. The van der Waals surface area contributed by atoms with Crippen LogP contribution in [-0.2, 0) is 4.74 Å². The third-order valence-corrected chi connectivity index (χ3v) is 3.39. The molecule has 18 heavy (non-hydrogen) atoms. The van der Waals surface area contributed by atoms with Crippen LogP contribution in [0.4, 0.5) is 5.82 Å². The maximum atomic E-state index is 5.59. The van der Waals surface area contributed by atoms with Crippen LogP contribution in [0.1, 0.15) is 12.5 Å². The van der Waals surface area contributed by atoms with E-state index in [0.717, 1.165) is 36.4 Å². The van der Waals surface area contributed by atoms with Crippen LogP contribution < -0.4 is 4.90 Å². The van der Waals surface area contributed by atoms with Gasteiger partial charge in [-0.3, -0.25) is 0 Å². The summed E-state index contributed by atoms with van der Waals surface area (Å²) in [6.07, 6.45) is 1.91. The molecule has 0 amide bonds. The minimum absolute atomic E-state index is 0.257. The van der Waals surface area contributed by atoms with Gasteiger partial charge in [0.15, 0.2) is 0 Å². The largest absolute Gasteiger partial charge is 0.375 e. The van der Waals surface area contributed by atoms with E-state index in [-0.39, 0.29) is 6.10 Å². The fourth-order valence-electron chi connectivity index (χ4n) is 2.51. The molecule has 2 heterocycles. The first-order valence-electron chi connectivity index (χ1n) is 6.32. The highest BCUT2D eigenvalue weighted by Crippen LogP contribution is 2.27. The number of rotatable bonds is 1. The van der Waals surface area contributed by atoms with E-state index in [4.69, 9.17) is 4.74 Å². The Hall–Kier alpha value is -1.68. The summed E-state index contributed by atoms with van der Waals surface area (Å²) in [5.41, 5.74) is 2.24. The van der Waals surface area contributed by atoms with E-state index in [9.17, 15) is 0 Å². The maximum absolute atomic E-state index is 5.59. The first kappa shape index (κ1) is 11.4. The lowest BCUT2D eigenvalue weighted by molar-refractivity contribution is 0.0530. The van der Waals surface area contributed by atoms with Crippen LogP contribution in [0, 0.1) is 6.92 Å². The number of morpholine rings is 1. The van der Waals surface area contributed by atoms with Crippen molar-refractivity contribution in [3.63, 3.8) is 0 Å². The summed E-state index contributed by atoms with van der Waals surface area (Å²) >= 11 is 0. The summed E-state index contributed by atoms with van der Waals surface area (Å²) in [4.78, 5) is 11.1. The minimum Gasteiger partial charge on any atom is -0.375 e. The predicted molar refractivity (Wildman–Crippen MR) is 71.9 cm³/mol. The van der Waals surface area contributed by atoms with Crippen molar-refractivity contribution < 1.29 is 4.74 Å². The number of hydrogen-bond donors (Lipinski definition) is 0. The summed E-state index contributed by atoms with van der Waals surface area (Å²) in [6, 6.07) is 6.19. The minimum atomic E-state index is 0.257. The Bertz CT molecular complexity index is 565. The molecule has 0 N–H and O–H groups in total. The molecule has 94 valence electrons. The van der Waals surface area contributed by atoms with Gasteiger partial charge >= 0.3 is 0 Å². The molecule has 1 aromatic carbocycles. The molecule has 0 bridgehead atoms. The Balaban J connectivity index is 2.11. The number of aromatic nitrogens is 2. The zero-order valence-corrected chi connectivity index (χ0v) is 10.8. The lowest BCUT2D eigenvalue weighted by Gasteiger charge is -2.32. The average Bonchev–Trinajstić information content (AvgIpc) is 2.38. The molecule has 1 aliphatic rings. The van der Waals surface area contributed by atoms with Gasteiger partial charge < -0.3 is 9.64 Å². The molecule has 2 aromatic rings. The number of hydrogen-bond acceptors (Lipinski definition) is 4. The van der Waals surface area contributed by atoms with E-state index in [1.54, 1.807) is 6.33 Å². The number of ether oxygens (including phenoxy) is 1. The monoisotopic (exact) mass is 243 g/mol. The van der Waals surface area contributed by atoms with Gasteiger partial charge in [0.1, 0.15) is 12.1 Å². The molecule has 0 radical (unpaired) electrons. The molecule has 0 aliphatic carbocycles. The molecule has 1 fully saturated rings. The molecule has 1 aromatic heterocycles. The summed E-state index contributed by atoms with van der Waals surface area (Å²) in [6.45, 7) is 6.76. The Labute approximate surface area is 107 Å². The van der Waals surface area contributed by atoms with Gasteiger partial charge in [0.2, 0.25) is 0 Å². The summed E-state index contributed by atoms with van der Waals surface area (Å²) in [7, 11) is 0. The van der Waals surface area contributed by atoms with Gasteiger partial charge in [0.25, 0.3) is 0 Å². The molecule has 1 saturated heterocycles. The lowest BCUT2D eigenvalue weighted by Crippen LogP contribution is -2.41. The van der Waals surface area contributed by atoms with Crippen LogP contribution in [0.3, 0.4) is 0 Å². The first-order valence-corrected chi connectivity index (χ1v) is 6.32. The molecule has 1 aliphatic heterocycles. The number of nitrogens with zero attached hydrogens (tertiary/aromatic N) is 3. The third-order valence-electron chi connectivity index (χ3n) is 3.39. The van der Waals surface area contributed by atoms with Crippen molar-refractivity contribution in [3.8, 4) is 0 Å². The number of aryl methyl sites for hydroxylation is 1. The van der Waals surface area contributed by atoms with Crippen molar-refractivity contribution in [1.82, 2.24) is 9.97 Å². The van der Waals surface area contributed by atoms with Gasteiger partial charge in [-0.2, -0.15) is 0 Å².